The minimum absolute atomic E-state index is 0.0533. The van der Waals surface area contributed by atoms with Crippen LogP contribution < -0.4 is 16.4 Å². The van der Waals surface area contributed by atoms with Crippen LogP contribution in [-0.4, -0.2) is 77.4 Å². The zero-order valence-electron chi connectivity index (χ0n) is 21.7. The largest absolute Gasteiger partial charge is 0.480 e. The number of rotatable bonds is 17. The van der Waals surface area contributed by atoms with Gasteiger partial charge in [-0.1, -0.05) is 62.7 Å². The number of carboxylic acids is 1. The summed E-state index contributed by atoms with van der Waals surface area (Å²) in [5, 5.41) is 18.2. The number of hydrogen-bond donors (Lipinski definition) is 5. The lowest BCUT2D eigenvalue weighted by molar-refractivity contribution is -0.142. The summed E-state index contributed by atoms with van der Waals surface area (Å²) in [5.41, 5.74) is 7.24. The lowest BCUT2D eigenvalue weighted by atomic mass is 9.97. The molecule has 0 bridgehead atoms. The van der Waals surface area contributed by atoms with Crippen LogP contribution in [0.1, 0.15) is 32.3 Å². The Balaban J connectivity index is 2.26. The molecule has 1 amide bonds. The Labute approximate surface area is 225 Å². The second-order valence-corrected chi connectivity index (χ2v) is 10.7. The third-order valence-corrected chi connectivity index (χ3v) is 7.66. The van der Waals surface area contributed by atoms with Crippen LogP contribution in [0.2, 0.25) is 0 Å². The number of fused-ring (bicyclic) bond motifs is 1. The number of nitrogens with two attached hydrogens (primary N) is 1. The Morgan fingerprint density at radius 3 is 2.58 bits per heavy atom. The van der Waals surface area contributed by atoms with Crippen molar-refractivity contribution in [2.24, 2.45) is 11.7 Å². The Bertz CT molecular complexity index is 956. The first kappa shape index (κ1) is 30.4. The summed E-state index contributed by atoms with van der Waals surface area (Å²) in [7, 11) is 0. The van der Waals surface area contributed by atoms with Gasteiger partial charge in [-0.2, -0.15) is 24.4 Å². The lowest BCUT2D eigenvalue weighted by Gasteiger charge is -2.32. The Morgan fingerprint density at radius 2 is 1.92 bits per heavy atom. The number of benzene rings is 2. The van der Waals surface area contributed by atoms with Crippen LogP contribution >= 0.6 is 24.4 Å². The molecular formula is C27H42N4O3S2. The molecule has 0 aliphatic rings. The van der Waals surface area contributed by atoms with E-state index in [-0.39, 0.29) is 24.5 Å². The predicted molar refractivity (Wildman–Crippen MR) is 155 cm³/mol. The van der Waals surface area contributed by atoms with Crippen LogP contribution in [0.3, 0.4) is 0 Å². The number of aliphatic carboxylic acids is 1. The predicted octanol–water partition coefficient (Wildman–Crippen LogP) is 3.23. The lowest BCUT2D eigenvalue weighted by Crippen LogP contribution is -2.51. The molecule has 0 radical (unpaired) electrons. The molecule has 0 heterocycles. The number of amides is 1. The zero-order chi connectivity index (χ0) is 26.5. The van der Waals surface area contributed by atoms with Crippen molar-refractivity contribution >= 4 is 47.0 Å². The molecule has 0 aliphatic carbocycles. The third-order valence-electron chi connectivity index (χ3n) is 6.55. The first-order valence-corrected chi connectivity index (χ1v) is 14.6. The Kier molecular flexibility index (Phi) is 13.7. The number of thiol groups is 1. The van der Waals surface area contributed by atoms with Crippen molar-refractivity contribution in [1.29, 1.82) is 0 Å². The summed E-state index contributed by atoms with van der Waals surface area (Å²) in [6.07, 6.45) is 3.30. The van der Waals surface area contributed by atoms with E-state index < -0.39 is 12.0 Å². The van der Waals surface area contributed by atoms with Gasteiger partial charge in [-0.15, -0.1) is 0 Å². The van der Waals surface area contributed by atoms with Gasteiger partial charge in [0, 0.05) is 37.5 Å². The fraction of sp³-hybridized carbons (Fsp3) is 0.556. The van der Waals surface area contributed by atoms with Crippen molar-refractivity contribution in [3.05, 3.63) is 48.0 Å². The first-order chi connectivity index (χ1) is 17.3. The fourth-order valence-electron chi connectivity index (χ4n) is 4.17. The Hall–Kier alpha value is -1.78. The molecule has 2 aromatic rings. The van der Waals surface area contributed by atoms with Gasteiger partial charge in [0.05, 0.1) is 6.54 Å². The highest BCUT2D eigenvalue weighted by Gasteiger charge is 2.24. The number of thioether (sulfide) groups is 1. The number of carbonyl (C=O) groups is 2. The summed E-state index contributed by atoms with van der Waals surface area (Å²) in [6.45, 7) is 6.31. The van der Waals surface area contributed by atoms with Crippen LogP contribution in [0, 0.1) is 5.92 Å². The normalized spacial score (nSPS) is 14.9. The molecule has 0 fully saturated rings. The number of carboxylic acid groups (broad SMARTS) is 1. The van der Waals surface area contributed by atoms with Gasteiger partial charge in [0.15, 0.2) is 0 Å². The van der Waals surface area contributed by atoms with Gasteiger partial charge in [0.25, 0.3) is 0 Å². The van der Waals surface area contributed by atoms with E-state index in [1.54, 1.807) is 11.8 Å². The van der Waals surface area contributed by atoms with Gasteiger partial charge in [-0.05, 0) is 40.7 Å². The van der Waals surface area contributed by atoms with Crippen molar-refractivity contribution in [3.8, 4) is 0 Å². The summed E-state index contributed by atoms with van der Waals surface area (Å²) < 4.78 is 0. The van der Waals surface area contributed by atoms with Crippen LogP contribution in [0.25, 0.3) is 10.8 Å². The second kappa shape index (κ2) is 16.1. The van der Waals surface area contributed by atoms with Gasteiger partial charge in [-0.3, -0.25) is 9.69 Å². The van der Waals surface area contributed by atoms with Gasteiger partial charge < -0.3 is 21.5 Å². The monoisotopic (exact) mass is 534 g/mol. The molecule has 2 rings (SSSR count). The SMILES string of the molecule is CCC(C)[C@@H](CN(CC(=O)N[C@@H](CCSC)C(=O)O)Cc1cccc2ccccc12)NC[C@@H](N)CS. The summed E-state index contributed by atoms with van der Waals surface area (Å²) in [4.78, 5) is 26.8. The second-order valence-electron chi connectivity index (χ2n) is 9.39. The topological polar surface area (TPSA) is 108 Å². The molecule has 0 saturated carbocycles. The van der Waals surface area contributed by atoms with Crippen molar-refractivity contribution < 1.29 is 14.7 Å². The maximum atomic E-state index is 13.0. The van der Waals surface area contributed by atoms with E-state index in [1.165, 1.54) is 0 Å². The van der Waals surface area contributed by atoms with Crippen LogP contribution in [0.15, 0.2) is 42.5 Å². The third kappa shape index (κ3) is 9.94. The van der Waals surface area contributed by atoms with E-state index in [2.05, 4.69) is 66.3 Å². The average molecular weight is 535 g/mol. The van der Waals surface area contributed by atoms with E-state index in [9.17, 15) is 14.7 Å². The highest BCUT2D eigenvalue weighted by molar-refractivity contribution is 7.98. The number of hydrogen-bond acceptors (Lipinski definition) is 7. The Morgan fingerprint density at radius 1 is 1.19 bits per heavy atom. The fourth-order valence-corrected chi connectivity index (χ4v) is 4.77. The van der Waals surface area contributed by atoms with Gasteiger partial charge in [-0.25, -0.2) is 4.79 Å². The van der Waals surface area contributed by atoms with Crippen molar-refractivity contribution in [3.63, 3.8) is 0 Å². The number of nitrogens with one attached hydrogen (secondary N) is 2. The van der Waals surface area contributed by atoms with Crippen LogP contribution in [-0.2, 0) is 16.1 Å². The molecule has 1 unspecified atom stereocenters. The zero-order valence-corrected chi connectivity index (χ0v) is 23.4. The van der Waals surface area contributed by atoms with E-state index in [4.69, 9.17) is 5.73 Å². The molecule has 0 saturated heterocycles. The van der Waals surface area contributed by atoms with Gasteiger partial charge in [0.1, 0.15) is 6.04 Å². The molecule has 200 valence electrons. The number of nitrogens with zero attached hydrogens (tertiary/aromatic N) is 1. The summed E-state index contributed by atoms with van der Waals surface area (Å²) in [5.74, 6) is 0.345. The molecule has 9 heteroatoms. The maximum absolute atomic E-state index is 13.0. The molecule has 0 aromatic heterocycles. The molecule has 7 nitrogen and oxygen atoms in total. The van der Waals surface area contributed by atoms with E-state index in [0.29, 0.717) is 43.5 Å². The first-order valence-electron chi connectivity index (χ1n) is 12.6. The molecule has 5 N–H and O–H groups in total. The molecule has 36 heavy (non-hydrogen) atoms. The summed E-state index contributed by atoms with van der Waals surface area (Å²) in [6, 6.07) is 13.6. The molecule has 0 spiro atoms. The van der Waals surface area contributed by atoms with Crippen LogP contribution in [0.5, 0.6) is 0 Å². The minimum Gasteiger partial charge on any atom is -0.480 e. The van der Waals surface area contributed by atoms with Crippen molar-refractivity contribution in [1.82, 2.24) is 15.5 Å². The smallest absolute Gasteiger partial charge is 0.326 e. The quantitative estimate of drug-likeness (QED) is 0.198. The highest BCUT2D eigenvalue weighted by atomic mass is 32.2. The van der Waals surface area contributed by atoms with Gasteiger partial charge >= 0.3 is 5.97 Å². The molecule has 4 atom stereocenters. The van der Waals surface area contributed by atoms with Crippen molar-refractivity contribution in [2.75, 3.05) is 37.4 Å². The number of carbonyl (C=O) groups excluding carboxylic acids is 1. The average Bonchev–Trinajstić information content (AvgIpc) is 2.88. The molecule has 0 aliphatic heterocycles. The summed E-state index contributed by atoms with van der Waals surface area (Å²) >= 11 is 5.87. The maximum Gasteiger partial charge on any atom is 0.326 e. The molecular weight excluding hydrogens is 492 g/mol. The van der Waals surface area contributed by atoms with Crippen LogP contribution in [0.4, 0.5) is 0 Å². The van der Waals surface area contributed by atoms with Crippen molar-refractivity contribution in [2.45, 2.75) is 51.4 Å². The molecule has 2 aromatic carbocycles. The van der Waals surface area contributed by atoms with Gasteiger partial charge in [0.2, 0.25) is 5.91 Å². The van der Waals surface area contributed by atoms with E-state index in [0.717, 1.165) is 22.8 Å². The highest BCUT2D eigenvalue weighted by Crippen LogP contribution is 2.21. The van der Waals surface area contributed by atoms with E-state index in [1.807, 2.05) is 24.5 Å². The standard InChI is InChI=1S/C27H42N4O3S2/c1-4-19(2)25(29-14-22(28)18-35)16-31(17-26(32)30-24(27(33)34)12-13-36-3)15-21-10-7-9-20-8-5-6-11-23(20)21/h5-11,19,22,24-25,29,35H,4,12-18,28H2,1-3H3,(H,30,32)(H,33,34)/t19?,22-,24+,25-/m1/s1. The minimum atomic E-state index is -1.00. The van der Waals surface area contributed by atoms with E-state index >= 15 is 0 Å².